The van der Waals surface area contributed by atoms with Crippen molar-refractivity contribution in [2.24, 2.45) is 0 Å². The minimum atomic E-state index is -0.517. The lowest BCUT2D eigenvalue weighted by Crippen LogP contribution is -2.20. The maximum atomic E-state index is 10.5. The quantitative estimate of drug-likeness (QED) is 0.405. The molecule has 0 spiro atoms. The zero-order valence-electron chi connectivity index (χ0n) is 8.96. The van der Waals surface area contributed by atoms with E-state index < -0.39 is 5.97 Å². The molecule has 2 N–H and O–H groups in total. The Morgan fingerprint density at radius 1 is 1.47 bits per heavy atom. The summed E-state index contributed by atoms with van der Waals surface area (Å²) >= 11 is 0. The second-order valence-electron chi connectivity index (χ2n) is 2.74. The van der Waals surface area contributed by atoms with Crippen molar-refractivity contribution in [3.8, 4) is 0 Å². The first-order valence-electron chi connectivity index (χ1n) is 4.59. The predicted octanol–water partition coefficient (Wildman–Crippen LogP) is 0.356. The summed E-state index contributed by atoms with van der Waals surface area (Å²) < 4.78 is 0. The molecular formula is C9H16N2O4. The van der Waals surface area contributed by atoms with E-state index in [1.54, 1.807) is 13.8 Å². The topological polar surface area (TPSA) is 76.7 Å². The second kappa shape index (κ2) is 7.81. The van der Waals surface area contributed by atoms with Crippen molar-refractivity contribution in [2.45, 2.75) is 13.8 Å². The standard InChI is InChI=1S/C6H10O3.C3H6N2O/c1-4-8-9-6(7)5(2)3;6-3-4-1-2-5-3/h2,4H2,1,3H3;1-2H2,(H2,4,5,6). The van der Waals surface area contributed by atoms with Gasteiger partial charge in [0, 0.05) is 18.7 Å². The monoisotopic (exact) mass is 216 g/mol. The average Bonchev–Trinajstić information content (AvgIpc) is 2.66. The van der Waals surface area contributed by atoms with Crippen molar-refractivity contribution in [1.82, 2.24) is 10.6 Å². The third kappa shape index (κ3) is 7.51. The Kier molecular flexibility index (Phi) is 7.00. The summed E-state index contributed by atoms with van der Waals surface area (Å²) in [4.78, 5) is 29.0. The Bertz CT molecular complexity index is 232. The minimum Gasteiger partial charge on any atom is -0.336 e. The molecule has 1 aliphatic rings. The van der Waals surface area contributed by atoms with Gasteiger partial charge in [-0.3, -0.25) is 4.89 Å². The van der Waals surface area contributed by atoms with Crippen LogP contribution in [0.15, 0.2) is 12.2 Å². The first kappa shape index (κ1) is 13.4. The fourth-order valence-corrected chi connectivity index (χ4v) is 0.598. The summed E-state index contributed by atoms with van der Waals surface area (Å²) in [6, 6.07) is -0.0463. The zero-order valence-corrected chi connectivity index (χ0v) is 8.96. The van der Waals surface area contributed by atoms with E-state index in [0.717, 1.165) is 13.1 Å². The molecule has 2 amide bonds. The molecule has 0 bridgehead atoms. The number of urea groups is 1. The average molecular weight is 216 g/mol. The van der Waals surface area contributed by atoms with Gasteiger partial charge < -0.3 is 10.6 Å². The molecule has 0 unspecified atom stereocenters. The van der Waals surface area contributed by atoms with Gasteiger partial charge in [-0.25, -0.2) is 9.59 Å². The maximum Gasteiger partial charge on any atom is 0.368 e. The van der Waals surface area contributed by atoms with E-state index in [2.05, 4.69) is 27.0 Å². The molecular weight excluding hydrogens is 200 g/mol. The summed E-state index contributed by atoms with van der Waals surface area (Å²) in [5.41, 5.74) is 0.337. The molecule has 1 aliphatic heterocycles. The summed E-state index contributed by atoms with van der Waals surface area (Å²) in [6.07, 6.45) is 0. The highest BCUT2D eigenvalue weighted by molar-refractivity contribution is 5.86. The Balaban J connectivity index is 0.000000280. The Labute approximate surface area is 88.5 Å². The molecule has 15 heavy (non-hydrogen) atoms. The van der Waals surface area contributed by atoms with Gasteiger partial charge in [0.1, 0.15) is 0 Å². The van der Waals surface area contributed by atoms with Crippen molar-refractivity contribution >= 4 is 12.0 Å². The lowest BCUT2D eigenvalue weighted by Gasteiger charge is -1.97. The van der Waals surface area contributed by atoms with E-state index in [1.807, 2.05) is 0 Å². The molecule has 6 heteroatoms. The zero-order chi connectivity index (χ0) is 11.7. The van der Waals surface area contributed by atoms with E-state index in [0.29, 0.717) is 12.2 Å². The minimum absolute atomic E-state index is 0.0463. The van der Waals surface area contributed by atoms with Crippen LogP contribution in [0, 0.1) is 0 Å². The molecule has 0 radical (unpaired) electrons. The van der Waals surface area contributed by atoms with Gasteiger partial charge >= 0.3 is 12.0 Å². The number of carbonyl (C=O) groups excluding carboxylic acids is 2. The van der Waals surface area contributed by atoms with Gasteiger partial charge in [0.15, 0.2) is 0 Å². The van der Waals surface area contributed by atoms with Crippen LogP contribution >= 0.6 is 0 Å². The highest BCUT2D eigenvalue weighted by atomic mass is 17.2. The highest BCUT2D eigenvalue weighted by Gasteiger charge is 2.03. The van der Waals surface area contributed by atoms with Crippen LogP contribution in [-0.2, 0) is 14.6 Å². The third-order valence-corrected chi connectivity index (χ3v) is 1.30. The van der Waals surface area contributed by atoms with Gasteiger partial charge in [0.2, 0.25) is 0 Å². The lowest BCUT2D eigenvalue weighted by molar-refractivity contribution is -0.265. The van der Waals surface area contributed by atoms with Gasteiger partial charge in [-0.05, 0) is 13.8 Å². The Morgan fingerprint density at radius 2 is 2.00 bits per heavy atom. The highest BCUT2D eigenvalue weighted by Crippen LogP contribution is 1.91. The molecule has 1 fully saturated rings. The van der Waals surface area contributed by atoms with Gasteiger partial charge in [-0.15, -0.1) is 0 Å². The van der Waals surface area contributed by atoms with Crippen LogP contribution < -0.4 is 10.6 Å². The normalized spacial score (nSPS) is 13.1. The van der Waals surface area contributed by atoms with Gasteiger partial charge in [-0.2, -0.15) is 4.89 Å². The third-order valence-electron chi connectivity index (χ3n) is 1.30. The SMILES string of the molecule is C=C(C)C(=O)OOCC.O=C1NCCN1. The summed E-state index contributed by atoms with van der Waals surface area (Å²) in [5, 5.41) is 5.14. The summed E-state index contributed by atoms with van der Waals surface area (Å²) in [5.74, 6) is -0.517. The fourth-order valence-electron chi connectivity index (χ4n) is 0.598. The molecule has 0 atom stereocenters. The van der Waals surface area contributed by atoms with Crippen molar-refractivity contribution in [3.05, 3.63) is 12.2 Å². The molecule has 0 aromatic rings. The molecule has 0 aromatic heterocycles. The van der Waals surface area contributed by atoms with Crippen molar-refractivity contribution in [2.75, 3.05) is 19.7 Å². The molecule has 0 aromatic carbocycles. The van der Waals surface area contributed by atoms with Crippen LogP contribution in [0.25, 0.3) is 0 Å². The summed E-state index contributed by atoms with van der Waals surface area (Å²) in [6.45, 7) is 8.55. The van der Waals surface area contributed by atoms with E-state index in [1.165, 1.54) is 0 Å². The van der Waals surface area contributed by atoms with Crippen LogP contribution in [0.3, 0.4) is 0 Å². The maximum absolute atomic E-state index is 10.5. The van der Waals surface area contributed by atoms with Gasteiger partial charge in [0.25, 0.3) is 0 Å². The number of amides is 2. The second-order valence-corrected chi connectivity index (χ2v) is 2.74. The summed E-state index contributed by atoms with van der Waals surface area (Å²) in [7, 11) is 0. The number of hydrogen-bond acceptors (Lipinski definition) is 4. The van der Waals surface area contributed by atoms with Crippen LogP contribution in [0.1, 0.15) is 13.8 Å². The molecule has 1 heterocycles. The number of carbonyl (C=O) groups is 2. The van der Waals surface area contributed by atoms with E-state index in [4.69, 9.17) is 0 Å². The van der Waals surface area contributed by atoms with Crippen LogP contribution in [0.4, 0.5) is 4.79 Å². The van der Waals surface area contributed by atoms with Crippen molar-refractivity contribution in [1.29, 1.82) is 0 Å². The van der Waals surface area contributed by atoms with Crippen LogP contribution in [-0.4, -0.2) is 31.7 Å². The number of hydrogen-bond donors (Lipinski definition) is 2. The van der Waals surface area contributed by atoms with Crippen LogP contribution in [0.2, 0.25) is 0 Å². The molecule has 1 saturated heterocycles. The molecule has 0 aliphatic carbocycles. The molecule has 86 valence electrons. The lowest BCUT2D eigenvalue weighted by atomic mass is 10.4. The Hall–Kier alpha value is -1.56. The molecule has 0 saturated carbocycles. The largest absolute Gasteiger partial charge is 0.368 e. The number of nitrogens with one attached hydrogen (secondary N) is 2. The van der Waals surface area contributed by atoms with E-state index >= 15 is 0 Å². The molecule has 6 nitrogen and oxygen atoms in total. The Morgan fingerprint density at radius 3 is 2.27 bits per heavy atom. The van der Waals surface area contributed by atoms with Crippen molar-refractivity contribution < 1.29 is 19.4 Å². The first-order chi connectivity index (χ1) is 7.07. The molecule has 1 rings (SSSR count). The van der Waals surface area contributed by atoms with E-state index in [9.17, 15) is 9.59 Å². The van der Waals surface area contributed by atoms with Gasteiger partial charge in [0.05, 0.1) is 6.61 Å². The van der Waals surface area contributed by atoms with Gasteiger partial charge in [-0.1, -0.05) is 6.58 Å². The number of rotatable bonds is 3. The fraction of sp³-hybridized carbons (Fsp3) is 0.556. The van der Waals surface area contributed by atoms with E-state index in [-0.39, 0.29) is 6.03 Å². The predicted molar refractivity (Wildman–Crippen MR) is 53.9 cm³/mol. The first-order valence-corrected chi connectivity index (χ1v) is 4.59. The van der Waals surface area contributed by atoms with Crippen molar-refractivity contribution in [3.63, 3.8) is 0 Å². The van der Waals surface area contributed by atoms with Crippen LogP contribution in [0.5, 0.6) is 0 Å². The smallest absolute Gasteiger partial charge is 0.336 e.